The number of nitro benzene ring substituents is 1. The maximum absolute atomic E-state index is 10.8. The van der Waals surface area contributed by atoms with Crippen molar-refractivity contribution in [1.29, 1.82) is 5.26 Å². The molecule has 0 bridgehead atoms. The summed E-state index contributed by atoms with van der Waals surface area (Å²) in [6, 6.07) is 10.9. The number of phenolic OH excluding ortho intramolecular Hbond substituents is 1. The smallest absolute Gasteiger partial charge is 0.270 e. The Morgan fingerprint density at radius 1 is 1.41 bits per heavy atom. The Hall–Kier alpha value is -2.36. The second kappa shape index (κ2) is 6.60. The molecule has 7 heteroatoms. The number of nitrogens with zero attached hydrogens (tertiary/aromatic N) is 2. The third kappa shape index (κ3) is 3.45. The topological polar surface area (TPSA) is 87.2 Å². The van der Waals surface area contributed by atoms with Crippen LogP contribution in [0.15, 0.2) is 40.9 Å². The highest BCUT2D eigenvalue weighted by atomic mass is 79.9. The van der Waals surface area contributed by atoms with Crippen LogP contribution in [0.4, 0.5) is 5.69 Å². The van der Waals surface area contributed by atoms with E-state index in [4.69, 9.17) is 11.6 Å². The van der Waals surface area contributed by atoms with Crippen LogP contribution in [-0.2, 0) is 0 Å². The number of phenols is 1. The third-order valence-corrected chi connectivity index (χ3v) is 3.73. The van der Waals surface area contributed by atoms with Crippen LogP contribution in [0.1, 0.15) is 11.1 Å². The molecule has 2 aromatic carbocycles. The van der Waals surface area contributed by atoms with E-state index in [9.17, 15) is 20.5 Å². The van der Waals surface area contributed by atoms with Crippen LogP contribution < -0.4 is 0 Å². The van der Waals surface area contributed by atoms with Gasteiger partial charge in [0, 0.05) is 12.1 Å². The molecule has 0 fully saturated rings. The van der Waals surface area contributed by atoms with Gasteiger partial charge in [0.1, 0.15) is 5.75 Å². The van der Waals surface area contributed by atoms with E-state index in [0.717, 1.165) is 0 Å². The zero-order valence-corrected chi connectivity index (χ0v) is 13.3. The summed E-state index contributed by atoms with van der Waals surface area (Å²) in [5, 5.41) is 29.8. The molecule has 0 aliphatic heterocycles. The minimum absolute atomic E-state index is 0.0901. The minimum Gasteiger partial charge on any atom is -0.505 e. The van der Waals surface area contributed by atoms with Gasteiger partial charge < -0.3 is 5.11 Å². The normalized spacial score (nSPS) is 11.0. The standard InChI is InChI=1S/C15H8BrClN2O3/c16-13-5-9(6-14(17)15(13)20)4-11(8-18)10-2-1-3-12(7-10)19(21)22/h1-7,20H/b11-4-. The fourth-order valence-electron chi connectivity index (χ4n) is 1.80. The average molecular weight is 380 g/mol. The van der Waals surface area contributed by atoms with E-state index in [-0.39, 0.29) is 22.0 Å². The molecule has 2 rings (SSSR count). The van der Waals surface area contributed by atoms with Gasteiger partial charge in [0.05, 0.1) is 26.1 Å². The Kier molecular flexibility index (Phi) is 4.81. The molecule has 22 heavy (non-hydrogen) atoms. The van der Waals surface area contributed by atoms with Crippen molar-refractivity contribution in [3.63, 3.8) is 0 Å². The van der Waals surface area contributed by atoms with E-state index >= 15 is 0 Å². The molecule has 0 aromatic heterocycles. The second-order valence-electron chi connectivity index (χ2n) is 4.31. The Morgan fingerprint density at radius 3 is 2.73 bits per heavy atom. The highest BCUT2D eigenvalue weighted by molar-refractivity contribution is 9.10. The fourth-order valence-corrected chi connectivity index (χ4v) is 2.62. The molecule has 0 spiro atoms. The van der Waals surface area contributed by atoms with Crippen molar-refractivity contribution in [1.82, 2.24) is 0 Å². The monoisotopic (exact) mass is 378 g/mol. The predicted octanol–water partition coefficient (Wildman–Crippen LogP) is 4.78. The molecule has 0 aliphatic rings. The Balaban J connectivity index is 2.51. The number of halogens is 2. The fraction of sp³-hybridized carbons (Fsp3) is 0. The number of aromatic hydroxyl groups is 1. The van der Waals surface area contributed by atoms with Crippen LogP contribution in [0.3, 0.4) is 0 Å². The lowest BCUT2D eigenvalue weighted by Crippen LogP contribution is -1.89. The summed E-state index contributed by atoms with van der Waals surface area (Å²) in [5.41, 5.74) is 1.16. The summed E-state index contributed by atoms with van der Waals surface area (Å²) in [5.74, 6) is -0.0901. The van der Waals surface area contributed by atoms with Gasteiger partial charge in [0.2, 0.25) is 0 Å². The number of allylic oxidation sites excluding steroid dienone is 1. The highest BCUT2D eigenvalue weighted by Gasteiger charge is 2.10. The summed E-state index contributed by atoms with van der Waals surface area (Å²) in [6.07, 6.45) is 1.54. The summed E-state index contributed by atoms with van der Waals surface area (Å²) >= 11 is 9.04. The first-order valence-electron chi connectivity index (χ1n) is 5.97. The molecule has 110 valence electrons. The van der Waals surface area contributed by atoms with Crippen molar-refractivity contribution < 1.29 is 10.0 Å². The highest BCUT2D eigenvalue weighted by Crippen LogP contribution is 2.34. The van der Waals surface area contributed by atoms with Crippen molar-refractivity contribution in [2.24, 2.45) is 0 Å². The first kappa shape index (κ1) is 16.0. The molecule has 0 amide bonds. The van der Waals surface area contributed by atoms with E-state index in [1.54, 1.807) is 12.1 Å². The number of nitriles is 1. The van der Waals surface area contributed by atoms with Crippen molar-refractivity contribution >= 4 is 44.9 Å². The van der Waals surface area contributed by atoms with Gasteiger partial charge in [-0.2, -0.15) is 5.26 Å². The molecule has 0 saturated carbocycles. The van der Waals surface area contributed by atoms with E-state index in [2.05, 4.69) is 15.9 Å². The third-order valence-electron chi connectivity index (χ3n) is 2.84. The molecule has 0 unspecified atom stereocenters. The number of hydrogen-bond acceptors (Lipinski definition) is 4. The second-order valence-corrected chi connectivity index (χ2v) is 5.57. The zero-order chi connectivity index (χ0) is 16.3. The average Bonchev–Trinajstić information content (AvgIpc) is 2.50. The van der Waals surface area contributed by atoms with Gasteiger partial charge in [-0.25, -0.2) is 0 Å². The Bertz CT molecular complexity index is 805. The molecule has 0 radical (unpaired) electrons. The zero-order valence-electron chi connectivity index (χ0n) is 11.0. The maximum atomic E-state index is 10.8. The van der Waals surface area contributed by atoms with Crippen molar-refractivity contribution in [3.8, 4) is 11.8 Å². The van der Waals surface area contributed by atoms with E-state index in [0.29, 0.717) is 15.6 Å². The quantitative estimate of drug-likeness (QED) is 0.360. The lowest BCUT2D eigenvalue weighted by molar-refractivity contribution is -0.384. The van der Waals surface area contributed by atoms with Crippen LogP contribution in [0.25, 0.3) is 11.6 Å². The van der Waals surface area contributed by atoms with Gasteiger partial charge in [0.15, 0.2) is 0 Å². The van der Waals surface area contributed by atoms with E-state index in [1.807, 2.05) is 6.07 Å². The van der Waals surface area contributed by atoms with Gasteiger partial charge in [-0.15, -0.1) is 0 Å². The number of nitro groups is 1. The van der Waals surface area contributed by atoms with E-state index in [1.165, 1.54) is 30.3 Å². The van der Waals surface area contributed by atoms with Gasteiger partial charge in [0.25, 0.3) is 5.69 Å². The van der Waals surface area contributed by atoms with Crippen molar-refractivity contribution in [3.05, 3.63) is 67.1 Å². The summed E-state index contributed by atoms with van der Waals surface area (Å²) < 4.78 is 0.391. The van der Waals surface area contributed by atoms with Crippen LogP contribution >= 0.6 is 27.5 Å². The van der Waals surface area contributed by atoms with Crippen molar-refractivity contribution in [2.45, 2.75) is 0 Å². The van der Waals surface area contributed by atoms with Crippen molar-refractivity contribution in [2.75, 3.05) is 0 Å². The Morgan fingerprint density at radius 2 is 2.14 bits per heavy atom. The summed E-state index contributed by atoms with van der Waals surface area (Å²) in [6.45, 7) is 0. The number of benzene rings is 2. The van der Waals surface area contributed by atoms with Gasteiger partial charge in [-0.05, 0) is 45.3 Å². The van der Waals surface area contributed by atoms with Gasteiger partial charge in [-0.3, -0.25) is 10.1 Å². The Labute approximate surface area is 139 Å². The summed E-state index contributed by atoms with van der Waals surface area (Å²) in [7, 11) is 0. The minimum atomic E-state index is -0.521. The number of rotatable bonds is 3. The number of non-ortho nitro benzene ring substituents is 1. The maximum Gasteiger partial charge on any atom is 0.270 e. The van der Waals surface area contributed by atoms with Crippen LogP contribution in [0.2, 0.25) is 5.02 Å². The molecular formula is C15H8BrClN2O3. The largest absolute Gasteiger partial charge is 0.505 e. The van der Waals surface area contributed by atoms with Gasteiger partial charge >= 0.3 is 0 Å². The molecule has 5 nitrogen and oxygen atoms in total. The molecule has 0 heterocycles. The first-order chi connectivity index (χ1) is 10.4. The molecule has 0 aliphatic carbocycles. The van der Waals surface area contributed by atoms with Crippen LogP contribution in [-0.4, -0.2) is 10.0 Å². The molecule has 0 saturated heterocycles. The molecule has 0 atom stereocenters. The molecule has 2 aromatic rings. The lowest BCUT2D eigenvalue weighted by atomic mass is 10.0. The SMILES string of the molecule is N#C/C(=C/c1cc(Cl)c(O)c(Br)c1)c1cccc([N+](=O)[O-])c1. The number of hydrogen-bond donors (Lipinski definition) is 1. The first-order valence-corrected chi connectivity index (χ1v) is 7.14. The van der Waals surface area contributed by atoms with Gasteiger partial charge in [-0.1, -0.05) is 23.7 Å². The predicted molar refractivity (Wildman–Crippen MR) is 87.4 cm³/mol. The van der Waals surface area contributed by atoms with E-state index < -0.39 is 4.92 Å². The molecular weight excluding hydrogens is 372 g/mol. The van der Waals surface area contributed by atoms with Crippen LogP contribution in [0.5, 0.6) is 5.75 Å². The summed E-state index contributed by atoms with van der Waals surface area (Å²) in [4.78, 5) is 10.3. The lowest BCUT2D eigenvalue weighted by Gasteiger charge is -2.04. The van der Waals surface area contributed by atoms with Crippen LogP contribution in [0, 0.1) is 21.4 Å². The molecule has 1 N–H and O–H groups in total.